The van der Waals surface area contributed by atoms with Crippen LogP contribution >= 0.6 is 11.3 Å². The van der Waals surface area contributed by atoms with Gasteiger partial charge in [0.15, 0.2) is 33.3 Å². The topological polar surface area (TPSA) is 66.9 Å². The Kier molecular flexibility index (Phi) is 20.7. The lowest BCUT2D eigenvalue weighted by Crippen LogP contribution is -2.55. The van der Waals surface area contributed by atoms with E-state index in [-0.39, 0.29) is 56.1 Å². The molecule has 1 aromatic carbocycles. The Bertz CT molecular complexity index is 1890. The Morgan fingerprint density at radius 1 is 0.738 bits per heavy atom. The number of carbonyl (C=O) groups is 1. The fraction of sp³-hybridized carbons (Fsp3) is 0.778. The van der Waals surface area contributed by atoms with Crippen LogP contribution in [0.1, 0.15) is 166 Å². The molecule has 0 amide bonds. The van der Waals surface area contributed by atoms with Gasteiger partial charge in [0, 0.05) is 17.9 Å². The van der Waals surface area contributed by atoms with Crippen molar-refractivity contribution in [1.29, 1.82) is 0 Å². The van der Waals surface area contributed by atoms with Gasteiger partial charge in [-0.3, -0.25) is 4.79 Å². The molecule has 0 aliphatic heterocycles. The van der Waals surface area contributed by atoms with Crippen molar-refractivity contribution in [3.05, 3.63) is 53.1 Å². The minimum atomic E-state index is -2.30. The maximum Gasteiger partial charge on any atom is 0.192 e. The Balaban J connectivity index is 2.50. The highest BCUT2D eigenvalue weighted by Gasteiger charge is 2.50. The van der Waals surface area contributed by atoms with E-state index in [4.69, 9.17) is 22.7 Å². The molecule has 0 unspecified atom stereocenters. The van der Waals surface area contributed by atoms with Crippen molar-refractivity contribution in [3.63, 3.8) is 0 Å². The van der Waals surface area contributed by atoms with Gasteiger partial charge in [0.05, 0.1) is 33.5 Å². The van der Waals surface area contributed by atoms with E-state index >= 15 is 4.79 Å². The molecule has 0 N–H and O–H groups in total. The number of nitrogens with zero attached hydrogens (tertiary/aromatic N) is 1. The Labute approximate surface area is 409 Å². The quantitative estimate of drug-likeness (QED) is 0.0771. The molecule has 0 saturated heterocycles. The van der Waals surface area contributed by atoms with Crippen LogP contribution in [0, 0.1) is 24.2 Å². The van der Waals surface area contributed by atoms with Crippen LogP contribution in [-0.4, -0.2) is 62.9 Å². The lowest BCUT2D eigenvalue weighted by atomic mass is 9.71. The molecule has 0 radical (unpaired) electrons. The first kappa shape index (κ1) is 60.1. The van der Waals surface area contributed by atoms with Crippen LogP contribution in [-0.2, 0) is 22.5 Å². The van der Waals surface area contributed by atoms with Gasteiger partial charge < -0.3 is 17.7 Å². The molecule has 65 heavy (non-hydrogen) atoms. The summed E-state index contributed by atoms with van der Waals surface area (Å²) in [6, 6.07) is 6.71. The Morgan fingerprint density at radius 2 is 1.25 bits per heavy atom. The van der Waals surface area contributed by atoms with Crippen molar-refractivity contribution < 1.29 is 22.5 Å². The summed E-state index contributed by atoms with van der Waals surface area (Å²) in [5.41, 5.74) is 2.86. The summed E-state index contributed by atoms with van der Waals surface area (Å²) in [7, 11) is -8.64. The molecule has 0 fully saturated rings. The van der Waals surface area contributed by atoms with Crippen molar-refractivity contribution >= 4 is 60.6 Å². The van der Waals surface area contributed by atoms with Gasteiger partial charge in [0.2, 0.25) is 0 Å². The van der Waals surface area contributed by atoms with Crippen LogP contribution in [0.3, 0.4) is 0 Å². The standard InChI is InChI=1S/C54H101NO5SSi4/c1-27-29-43(49(56)54(17,18)47(59-64(23,24)52(11,12)13)36-37-57-62(19,20)50(5,6)7)48(60-65(25,26)53(14,15)16)40(3)31-28-30-39(2)32-34-45(58-63(21,22)51(8,9)10)42-33-35-46-44(38-42)55-41(4)61-46/h27,32-33,35,38,40,43,45,47-48H,1,28-31,34,36-37H2,2-26H3/t40-,43+,45-,47-,48-/m0/s1. The van der Waals surface area contributed by atoms with Gasteiger partial charge in [-0.2, -0.15) is 0 Å². The number of hydrogen-bond donors (Lipinski definition) is 0. The summed E-state index contributed by atoms with van der Waals surface area (Å²) in [6.45, 7) is 61.9. The number of benzene rings is 1. The van der Waals surface area contributed by atoms with Gasteiger partial charge in [-0.1, -0.05) is 128 Å². The van der Waals surface area contributed by atoms with E-state index in [2.05, 4.69) is 201 Å². The number of ketones is 1. The van der Waals surface area contributed by atoms with E-state index in [0.29, 0.717) is 19.4 Å². The molecule has 5 atom stereocenters. The summed E-state index contributed by atoms with van der Waals surface area (Å²) in [5, 5.41) is 1.27. The zero-order valence-electron chi connectivity index (χ0n) is 46.8. The second-order valence-electron chi connectivity index (χ2n) is 26.3. The maximum absolute atomic E-state index is 15.6. The molecule has 11 heteroatoms. The van der Waals surface area contributed by atoms with Crippen LogP contribution < -0.4 is 0 Å². The number of hydrogen-bond acceptors (Lipinski definition) is 7. The first-order valence-corrected chi connectivity index (χ1v) is 37.4. The van der Waals surface area contributed by atoms with E-state index in [0.717, 1.165) is 36.2 Å². The van der Waals surface area contributed by atoms with Crippen molar-refractivity contribution in [2.24, 2.45) is 17.3 Å². The number of fused-ring (bicyclic) bond motifs is 1. The molecule has 2 aromatic rings. The molecule has 1 heterocycles. The molecular formula is C54H101NO5SSi4. The number of aromatic nitrogens is 1. The third-order valence-electron chi connectivity index (χ3n) is 16.3. The number of rotatable bonds is 24. The maximum atomic E-state index is 15.6. The Hall–Kier alpha value is -1.03. The van der Waals surface area contributed by atoms with Gasteiger partial charge in [0.1, 0.15) is 5.78 Å². The summed E-state index contributed by atoms with van der Waals surface area (Å²) < 4.78 is 29.9. The lowest BCUT2D eigenvalue weighted by molar-refractivity contribution is -0.141. The monoisotopic (exact) mass is 988 g/mol. The van der Waals surface area contributed by atoms with Crippen LogP contribution in [0.25, 0.3) is 10.2 Å². The minimum Gasteiger partial charge on any atom is -0.417 e. The summed E-state index contributed by atoms with van der Waals surface area (Å²) in [4.78, 5) is 20.4. The second-order valence-corrected chi connectivity index (χ2v) is 46.6. The van der Waals surface area contributed by atoms with Gasteiger partial charge in [-0.15, -0.1) is 17.9 Å². The summed E-state index contributed by atoms with van der Waals surface area (Å²) in [5.74, 6) is 0.0345. The molecule has 6 nitrogen and oxygen atoms in total. The molecule has 374 valence electrons. The van der Waals surface area contributed by atoms with Crippen molar-refractivity contribution in [1.82, 2.24) is 4.98 Å². The third-order valence-corrected chi connectivity index (χ3v) is 35.3. The fourth-order valence-electron chi connectivity index (χ4n) is 7.38. The van der Waals surface area contributed by atoms with Crippen LogP contribution in [0.4, 0.5) is 0 Å². The first-order valence-electron chi connectivity index (χ1n) is 25.0. The van der Waals surface area contributed by atoms with E-state index < -0.39 is 38.7 Å². The van der Waals surface area contributed by atoms with Gasteiger partial charge in [-0.25, -0.2) is 4.98 Å². The average Bonchev–Trinajstić information content (AvgIpc) is 3.51. The molecule has 0 spiro atoms. The summed E-state index contributed by atoms with van der Waals surface area (Å²) in [6.07, 6.45) is 8.81. The first-order chi connectivity index (χ1) is 29.1. The number of aryl methyl sites for hydroxylation is 1. The van der Waals surface area contributed by atoms with E-state index in [1.165, 1.54) is 15.8 Å². The highest BCUT2D eigenvalue weighted by Crippen LogP contribution is 2.46. The van der Waals surface area contributed by atoms with E-state index in [1.54, 1.807) is 11.3 Å². The number of allylic oxidation sites excluding steroid dienone is 2. The molecular weight excluding hydrogens is 887 g/mol. The highest BCUT2D eigenvalue weighted by molar-refractivity contribution is 7.18. The van der Waals surface area contributed by atoms with Gasteiger partial charge in [-0.05, 0) is 149 Å². The minimum absolute atomic E-state index is 0.00596. The highest BCUT2D eigenvalue weighted by atomic mass is 32.1. The Morgan fingerprint density at radius 3 is 1.75 bits per heavy atom. The molecule has 0 aliphatic rings. The van der Waals surface area contributed by atoms with Crippen molar-refractivity contribution in [3.8, 4) is 0 Å². The van der Waals surface area contributed by atoms with Crippen molar-refractivity contribution in [2.45, 2.75) is 247 Å². The van der Waals surface area contributed by atoms with Gasteiger partial charge >= 0.3 is 0 Å². The SMILES string of the molecule is C=CC[C@@H](C(=O)C(C)(C)[C@H](CCO[Si](C)(C)C(C)(C)C)O[Si](C)(C)C(C)(C)C)[C@@H](O[Si](C)(C)C(C)(C)C)[C@@H](C)CCCC(C)=CC[C@H](O[Si](C)(C)C(C)(C)C)c1ccc2sc(C)nc2c1. The summed E-state index contributed by atoms with van der Waals surface area (Å²) >= 11 is 1.75. The fourth-order valence-corrected chi connectivity index (χ4v) is 13.5. The number of Topliss-reactive ketones (excluding diaryl/α,β-unsaturated/α-hetero) is 1. The van der Waals surface area contributed by atoms with E-state index in [9.17, 15) is 0 Å². The van der Waals surface area contributed by atoms with E-state index in [1.807, 2.05) is 6.08 Å². The van der Waals surface area contributed by atoms with Crippen LogP contribution in [0.15, 0.2) is 42.5 Å². The normalized spacial score (nSPS) is 17.0. The average molecular weight is 989 g/mol. The lowest BCUT2D eigenvalue weighted by Gasteiger charge is -2.47. The van der Waals surface area contributed by atoms with Crippen LogP contribution in [0.2, 0.25) is 72.5 Å². The smallest absolute Gasteiger partial charge is 0.192 e. The third kappa shape index (κ3) is 16.3. The van der Waals surface area contributed by atoms with Crippen molar-refractivity contribution in [2.75, 3.05) is 6.61 Å². The zero-order valence-corrected chi connectivity index (χ0v) is 51.6. The second kappa shape index (κ2) is 22.4. The number of carbonyl (C=O) groups excluding carboxylic acids is 1. The molecule has 0 saturated carbocycles. The largest absolute Gasteiger partial charge is 0.417 e. The van der Waals surface area contributed by atoms with Crippen LogP contribution in [0.5, 0.6) is 0 Å². The van der Waals surface area contributed by atoms with Gasteiger partial charge in [0.25, 0.3) is 0 Å². The molecule has 2 rings (SSSR count). The molecule has 0 bridgehead atoms. The predicted octanol–water partition coefficient (Wildman–Crippen LogP) is 17.8. The predicted molar refractivity (Wildman–Crippen MR) is 296 cm³/mol. The molecule has 1 aromatic heterocycles. The molecule has 0 aliphatic carbocycles. The zero-order chi connectivity index (χ0) is 50.6. The number of thiazole rings is 1.